The molecular weight excluding hydrogens is 144 g/mol. The van der Waals surface area contributed by atoms with Gasteiger partial charge in [0.05, 0.1) is 0 Å². The molecule has 12 heavy (non-hydrogen) atoms. The van der Waals surface area contributed by atoms with Crippen molar-refractivity contribution in [2.24, 2.45) is 5.92 Å². The minimum Gasteiger partial charge on any atom is -0.0955 e. The molecule has 0 bridgehead atoms. The van der Waals surface area contributed by atoms with Gasteiger partial charge in [-0.15, -0.1) is 0 Å². The number of hydrogen-bond donors (Lipinski definition) is 0. The Labute approximate surface area is 75.7 Å². The standard InChI is InChI=1S/C12H18/c1-9(2)12-8-6-10(3)5-7-11(12)4/h7-8,10H,1,5-6H2,2-4H3. The maximum Gasteiger partial charge on any atom is -0.0247 e. The van der Waals surface area contributed by atoms with Crippen molar-refractivity contribution in [3.63, 3.8) is 0 Å². The van der Waals surface area contributed by atoms with E-state index in [0.29, 0.717) is 0 Å². The summed E-state index contributed by atoms with van der Waals surface area (Å²) in [7, 11) is 0. The van der Waals surface area contributed by atoms with Crippen molar-refractivity contribution in [3.05, 3.63) is 35.5 Å². The summed E-state index contributed by atoms with van der Waals surface area (Å²) in [5.41, 5.74) is 3.95. The second-order valence-electron chi connectivity index (χ2n) is 3.86. The normalized spacial score (nSPS) is 24.1. The van der Waals surface area contributed by atoms with E-state index in [1.165, 1.54) is 29.6 Å². The van der Waals surface area contributed by atoms with Gasteiger partial charge in [-0.2, -0.15) is 0 Å². The highest BCUT2D eigenvalue weighted by Crippen LogP contribution is 2.25. The van der Waals surface area contributed by atoms with Crippen LogP contribution in [-0.4, -0.2) is 0 Å². The zero-order chi connectivity index (χ0) is 9.14. The van der Waals surface area contributed by atoms with Crippen molar-refractivity contribution in [1.82, 2.24) is 0 Å². The van der Waals surface area contributed by atoms with Gasteiger partial charge in [-0.05, 0) is 43.8 Å². The average Bonchev–Trinajstić information content (AvgIpc) is 2.14. The molecule has 0 fully saturated rings. The first-order valence-corrected chi connectivity index (χ1v) is 4.64. The van der Waals surface area contributed by atoms with Crippen LogP contribution in [0.2, 0.25) is 0 Å². The first-order valence-electron chi connectivity index (χ1n) is 4.64. The van der Waals surface area contributed by atoms with Gasteiger partial charge in [-0.25, -0.2) is 0 Å². The monoisotopic (exact) mass is 162 g/mol. The predicted octanol–water partition coefficient (Wildman–Crippen LogP) is 3.87. The van der Waals surface area contributed by atoms with Gasteiger partial charge in [0.2, 0.25) is 0 Å². The molecule has 0 N–H and O–H groups in total. The van der Waals surface area contributed by atoms with E-state index < -0.39 is 0 Å². The fraction of sp³-hybridized carbons (Fsp3) is 0.500. The van der Waals surface area contributed by atoms with Gasteiger partial charge < -0.3 is 0 Å². The second-order valence-corrected chi connectivity index (χ2v) is 3.86. The molecule has 0 aromatic carbocycles. The third-order valence-corrected chi connectivity index (χ3v) is 2.44. The lowest BCUT2D eigenvalue weighted by Gasteiger charge is -2.04. The van der Waals surface area contributed by atoms with E-state index in [1.54, 1.807) is 0 Å². The largest absolute Gasteiger partial charge is 0.0955 e. The third kappa shape index (κ3) is 2.10. The summed E-state index contributed by atoms with van der Waals surface area (Å²) < 4.78 is 0. The molecule has 0 nitrogen and oxygen atoms in total. The molecule has 1 aliphatic rings. The van der Waals surface area contributed by atoms with Crippen molar-refractivity contribution in [2.75, 3.05) is 0 Å². The van der Waals surface area contributed by atoms with E-state index in [-0.39, 0.29) is 0 Å². The van der Waals surface area contributed by atoms with E-state index in [1.807, 2.05) is 0 Å². The summed E-state index contributed by atoms with van der Waals surface area (Å²) in [6.07, 6.45) is 7.05. The Balaban J connectivity index is 2.89. The third-order valence-electron chi connectivity index (χ3n) is 2.44. The molecule has 0 aliphatic heterocycles. The summed E-state index contributed by atoms with van der Waals surface area (Å²) in [6, 6.07) is 0. The predicted molar refractivity (Wildman–Crippen MR) is 55.1 cm³/mol. The summed E-state index contributed by atoms with van der Waals surface area (Å²) in [5, 5.41) is 0. The van der Waals surface area contributed by atoms with Crippen LogP contribution in [-0.2, 0) is 0 Å². The molecule has 0 saturated carbocycles. The van der Waals surface area contributed by atoms with Crippen LogP contribution in [0.5, 0.6) is 0 Å². The average molecular weight is 162 g/mol. The molecule has 0 saturated heterocycles. The second kappa shape index (κ2) is 3.75. The van der Waals surface area contributed by atoms with Gasteiger partial charge in [0.25, 0.3) is 0 Å². The Kier molecular flexibility index (Phi) is 2.91. The molecule has 0 heteroatoms. The van der Waals surface area contributed by atoms with Crippen molar-refractivity contribution in [1.29, 1.82) is 0 Å². The molecule has 0 aromatic heterocycles. The Morgan fingerprint density at radius 3 is 2.58 bits per heavy atom. The van der Waals surface area contributed by atoms with Crippen LogP contribution < -0.4 is 0 Å². The molecule has 0 heterocycles. The van der Waals surface area contributed by atoms with Crippen molar-refractivity contribution in [3.8, 4) is 0 Å². The van der Waals surface area contributed by atoms with Gasteiger partial charge in [0.15, 0.2) is 0 Å². The van der Waals surface area contributed by atoms with Crippen LogP contribution in [0.3, 0.4) is 0 Å². The van der Waals surface area contributed by atoms with Crippen LogP contribution >= 0.6 is 0 Å². The highest BCUT2D eigenvalue weighted by atomic mass is 14.1. The molecule has 0 spiro atoms. The smallest absolute Gasteiger partial charge is 0.0247 e. The molecule has 66 valence electrons. The van der Waals surface area contributed by atoms with E-state index in [4.69, 9.17) is 0 Å². The Bertz CT molecular complexity index is 241. The highest BCUT2D eigenvalue weighted by molar-refractivity contribution is 5.43. The van der Waals surface area contributed by atoms with Gasteiger partial charge in [0.1, 0.15) is 0 Å². The van der Waals surface area contributed by atoms with Gasteiger partial charge in [0, 0.05) is 0 Å². The molecule has 1 aliphatic carbocycles. The zero-order valence-electron chi connectivity index (χ0n) is 8.35. The number of allylic oxidation sites excluding steroid dienone is 5. The lowest BCUT2D eigenvalue weighted by atomic mass is 10.0. The molecule has 1 unspecified atom stereocenters. The van der Waals surface area contributed by atoms with E-state index in [0.717, 1.165) is 5.92 Å². The van der Waals surface area contributed by atoms with Crippen molar-refractivity contribution in [2.45, 2.75) is 33.6 Å². The summed E-state index contributed by atoms with van der Waals surface area (Å²) in [5.74, 6) is 0.789. The van der Waals surface area contributed by atoms with Crippen LogP contribution in [0.25, 0.3) is 0 Å². The zero-order valence-corrected chi connectivity index (χ0v) is 8.35. The number of rotatable bonds is 1. The fourth-order valence-electron chi connectivity index (χ4n) is 1.57. The van der Waals surface area contributed by atoms with Gasteiger partial charge in [-0.3, -0.25) is 0 Å². The Morgan fingerprint density at radius 2 is 2.00 bits per heavy atom. The molecule has 1 atom stereocenters. The lowest BCUT2D eigenvalue weighted by molar-refractivity contribution is 0.606. The summed E-state index contributed by atoms with van der Waals surface area (Å²) >= 11 is 0. The SMILES string of the molecule is C=C(C)C1=CCC(C)CC=C1C. The van der Waals surface area contributed by atoms with E-state index in [9.17, 15) is 0 Å². The first kappa shape index (κ1) is 9.31. The molecular formula is C12H18. The van der Waals surface area contributed by atoms with Crippen LogP contribution in [0.15, 0.2) is 35.5 Å². The summed E-state index contributed by atoms with van der Waals surface area (Å²) in [4.78, 5) is 0. The fourth-order valence-corrected chi connectivity index (χ4v) is 1.57. The maximum atomic E-state index is 3.99. The van der Waals surface area contributed by atoms with Gasteiger partial charge in [-0.1, -0.05) is 31.2 Å². The Hall–Kier alpha value is -0.780. The minimum absolute atomic E-state index is 0.789. The van der Waals surface area contributed by atoms with Crippen molar-refractivity contribution >= 4 is 0 Å². The van der Waals surface area contributed by atoms with E-state index >= 15 is 0 Å². The molecule has 1 rings (SSSR count). The van der Waals surface area contributed by atoms with Crippen LogP contribution in [0, 0.1) is 5.92 Å². The molecule has 0 radical (unpaired) electrons. The Morgan fingerprint density at radius 1 is 1.42 bits per heavy atom. The van der Waals surface area contributed by atoms with Crippen LogP contribution in [0.1, 0.15) is 33.6 Å². The minimum atomic E-state index is 0.789. The molecule has 0 amide bonds. The maximum absolute atomic E-state index is 3.99. The summed E-state index contributed by atoms with van der Waals surface area (Å²) in [6.45, 7) is 10.5. The number of hydrogen-bond acceptors (Lipinski definition) is 0. The highest BCUT2D eigenvalue weighted by Gasteiger charge is 2.07. The van der Waals surface area contributed by atoms with Gasteiger partial charge >= 0.3 is 0 Å². The van der Waals surface area contributed by atoms with E-state index in [2.05, 4.69) is 39.5 Å². The lowest BCUT2D eigenvalue weighted by Crippen LogP contribution is -1.87. The first-order chi connectivity index (χ1) is 5.61. The topological polar surface area (TPSA) is 0 Å². The van der Waals surface area contributed by atoms with Crippen molar-refractivity contribution < 1.29 is 0 Å². The quantitative estimate of drug-likeness (QED) is 0.549. The molecule has 0 aromatic rings. The van der Waals surface area contributed by atoms with Crippen LogP contribution in [0.4, 0.5) is 0 Å².